The van der Waals surface area contributed by atoms with E-state index >= 15 is 0 Å². The summed E-state index contributed by atoms with van der Waals surface area (Å²) in [5.41, 5.74) is 6.63. The van der Waals surface area contributed by atoms with Crippen molar-refractivity contribution in [2.75, 3.05) is 5.73 Å². The van der Waals surface area contributed by atoms with Gasteiger partial charge in [-0.05, 0) is 12.1 Å². The van der Waals surface area contributed by atoms with E-state index in [1.807, 2.05) is 0 Å². The monoisotopic (exact) mass is 192 g/mol. The fourth-order valence-corrected chi connectivity index (χ4v) is 1.11. The molecule has 0 spiro atoms. The van der Waals surface area contributed by atoms with Gasteiger partial charge in [-0.3, -0.25) is 4.98 Å². The number of anilines is 1. The number of nitrogen functional groups attached to an aromatic ring is 1. The zero-order chi connectivity index (χ0) is 9.97. The van der Waals surface area contributed by atoms with Crippen LogP contribution in [0.25, 0.3) is 5.69 Å². The van der Waals surface area contributed by atoms with E-state index < -0.39 is 6.67 Å². The molecule has 0 aliphatic carbocycles. The molecule has 0 aliphatic heterocycles. The number of hydrogen-bond donors (Lipinski definition) is 1. The van der Waals surface area contributed by atoms with E-state index in [9.17, 15) is 4.39 Å². The lowest BCUT2D eigenvalue weighted by atomic mass is 10.3. The molecule has 0 aromatic carbocycles. The first-order chi connectivity index (χ1) is 6.79. The Hall–Kier alpha value is -1.91. The molecule has 0 fully saturated rings. The molecule has 0 unspecified atom stereocenters. The van der Waals surface area contributed by atoms with Crippen LogP contribution in [0.4, 0.5) is 10.2 Å². The van der Waals surface area contributed by atoms with Gasteiger partial charge in [0.2, 0.25) is 0 Å². The average Bonchev–Trinajstić information content (AvgIpc) is 2.65. The van der Waals surface area contributed by atoms with Gasteiger partial charge in [0.15, 0.2) is 0 Å². The normalized spacial score (nSPS) is 10.4. The van der Waals surface area contributed by atoms with Crippen LogP contribution in [0.1, 0.15) is 5.69 Å². The number of halogens is 1. The number of rotatable bonds is 2. The maximum Gasteiger partial charge on any atom is 0.145 e. The van der Waals surface area contributed by atoms with Crippen molar-refractivity contribution < 1.29 is 4.39 Å². The fraction of sp³-hybridized carbons (Fsp3) is 0.111. The smallest absolute Gasteiger partial charge is 0.145 e. The first-order valence-electron chi connectivity index (χ1n) is 4.12. The van der Waals surface area contributed by atoms with Crippen LogP contribution in [0.15, 0.2) is 30.6 Å². The SMILES string of the molecule is Nc1ccn(-c2ccc(CF)nc2)n1. The van der Waals surface area contributed by atoms with Gasteiger partial charge in [0.05, 0.1) is 17.6 Å². The van der Waals surface area contributed by atoms with Crippen molar-refractivity contribution in [3.8, 4) is 5.69 Å². The molecule has 2 aromatic rings. The van der Waals surface area contributed by atoms with Crippen molar-refractivity contribution >= 4 is 5.82 Å². The van der Waals surface area contributed by atoms with Gasteiger partial charge in [0, 0.05) is 12.3 Å². The predicted octanol–water partition coefficient (Wildman–Crippen LogP) is 1.32. The molecule has 5 heteroatoms. The average molecular weight is 192 g/mol. The van der Waals surface area contributed by atoms with Crippen LogP contribution in [0, 0.1) is 0 Å². The highest BCUT2D eigenvalue weighted by Gasteiger charge is 1.99. The van der Waals surface area contributed by atoms with Gasteiger partial charge in [-0.2, -0.15) is 5.10 Å². The van der Waals surface area contributed by atoms with Gasteiger partial charge in [-0.1, -0.05) is 0 Å². The van der Waals surface area contributed by atoms with Crippen molar-refractivity contribution in [2.24, 2.45) is 0 Å². The van der Waals surface area contributed by atoms with Gasteiger partial charge in [0.1, 0.15) is 12.5 Å². The first-order valence-corrected chi connectivity index (χ1v) is 4.12. The van der Waals surface area contributed by atoms with Gasteiger partial charge in [-0.25, -0.2) is 9.07 Å². The lowest BCUT2D eigenvalue weighted by molar-refractivity contribution is 0.476. The number of pyridine rings is 1. The molecule has 2 rings (SSSR count). The molecule has 0 saturated carbocycles. The minimum absolute atomic E-state index is 0.411. The van der Waals surface area contributed by atoms with Gasteiger partial charge < -0.3 is 5.73 Å². The van der Waals surface area contributed by atoms with Crippen LogP contribution in [-0.4, -0.2) is 14.8 Å². The van der Waals surface area contributed by atoms with E-state index in [1.54, 1.807) is 35.3 Å². The molecule has 2 aromatic heterocycles. The van der Waals surface area contributed by atoms with E-state index in [-0.39, 0.29) is 0 Å². The summed E-state index contributed by atoms with van der Waals surface area (Å²) in [6, 6.07) is 5.05. The Kier molecular flexibility index (Phi) is 2.14. The fourth-order valence-electron chi connectivity index (χ4n) is 1.11. The van der Waals surface area contributed by atoms with Crippen LogP contribution in [-0.2, 0) is 6.67 Å². The molecule has 14 heavy (non-hydrogen) atoms. The second kappa shape index (κ2) is 3.45. The largest absolute Gasteiger partial charge is 0.382 e. The second-order valence-corrected chi connectivity index (χ2v) is 2.83. The summed E-state index contributed by atoms with van der Waals surface area (Å²) in [5.74, 6) is 0.444. The Bertz CT molecular complexity index is 421. The zero-order valence-corrected chi connectivity index (χ0v) is 7.39. The Morgan fingerprint density at radius 3 is 2.71 bits per heavy atom. The van der Waals surface area contributed by atoms with Crippen LogP contribution in [0.3, 0.4) is 0 Å². The number of alkyl halides is 1. The molecule has 2 N–H and O–H groups in total. The third-order valence-electron chi connectivity index (χ3n) is 1.82. The molecule has 0 atom stereocenters. The van der Waals surface area contributed by atoms with E-state index in [2.05, 4.69) is 10.1 Å². The van der Waals surface area contributed by atoms with Crippen molar-refractivity contribution in [1.82, 2.24) is 14.8 Å². The lowest BCUT2D eigenvalue weighted by Crippen LogP contribution is -1.97. The van der Waals surface area contributed by atoms with E-state index in [0.717, 1.165) is 5.69 Å². The molecule has 0 radical (unpaired) electrons. The summed E-state index contributed by atoms with van der Waals surface area (Å²) in [4.78, 5) is 3.91. The van der Waals surface area contributed by atoms with Gasteiger partial charge in [-0.15, -0.1) is 0 Å². The molecule has 0 aliphatic rings. The van der Waals surface area contributed by atoms with E-state index in [0.29, 0.717) is 11.5 Å². The van der Waals surface area contributed by atoms with Crippen LogP contribution >= 0.6 is 0 Å². The van der Waals surface area contributed by atoms with E-state index in [4.69, 9.17) is 5.73 Å². The molecule has 0 bridgehead atoms. The third-order valence-corrected chi connectivity index (χ3v) is 1.82. The summed E-state index contributed by atoms with van der Waals surface area (Å²) in [7, 11) is 0. The number of nitrogens with zero attached hydrogens (tertiary/aromatic N) is 3. The topological polar surface area (TPSA) is 56.7 Å². The summed E-state index contributed by atoms with van der Waals surface area (Å²) in [6.07, 6.45) is 3.28. The maximum absolute atomic E-state index is 12.2. The van der Waals surface area contributed by atoms with Crippen LogP contribution < -0.4 is 5.73 Å². The Balaban J connectivity index is 2.33. The highest BCUT2D eigenvalue weighted by atomic mass is 19.1. The maximum atomic E-state index is 12.2. The number of aromatic nitrogens is 3. The molecule has 72 valence electrons. The molecule has 0 amide bonds. The standard InChI is InChI=1S/C9H9FN4/c10-5-7-1-2-8(6-12-7)14-4-3-9(11)13-14/h1-4,6H,5H2,(H2,11,13). The molecule has 4 nitrogen and oxygen atoms in total. The predicted molar refractivity (Wildman–Crippen MR) is 50.6 cm³/mol. The third kappa shape index (κ3) is 1.56. The highest BCUT2D eigenvalue weighted by Crippen LogP contribution is 2.08. The van der Waals surface area contributed by atoms with Crippen molar-refractivity contribution in [3.05, 3.63) is 36.3 Å². The summed E-state index contributed by atoms with van der Waals surface area (Å²) >= 11 is 0. The Morgan fingerprint density at radius 2 is 2.21 bits per heavy atom. The Labute approximate surface area is 80.2 Å². The van der Waals surface area contributed by atoms with Crippen LogP contribution in [0.2, 0.25) is 0 Å². The lowest BCUT2D eigenvalue weighted by Gasteiger charge is -2.00. The summed E-state index contributed by atoms with van der Waals surface area (Å²) in [6.45, 7) is -0.554. The van der Waals surface area contributed by atoms with Crippen molar-refractivity contribution in [3.63, 3.8) is 0 Å². The number of hydrogen-bond acceptors (Lipinski definition) is 3. The first kappa shape index (κ1) is 8.68. The molecular formula is C9H9FN4. The quantitative estimate of drug-likeness (QED) is 0.780. The highest BCUT2D eigenvalue weighted by molar-refractivity contribution is 5.33. The van der Waals surface area contributed by atoms with Crippen molar-refractivity contribution in [2.45, 2.75) is 6.67 Å². The second-order valence-electron chi connectivity index (χ2n) is 2.83. The van der Waals surface area contributed by atoms with E-state index in [1.165, 1.54) is 0 Å². The summed E-state index contributed by atoms with van der Waals surface area (Å²) < 4.78 is 13.7. The van der Waals surface area contributed by atoms with Crippen LogP contribution in [0.5, 0.6) is 0 Å². The Morgan fingerprint density at radius 1 is 1.36 bits per heavy atom. The van der Waals surface area contributed by atoms with Gasteiger partial charge >= 0.3 is 0 Å². The zero-order valence-electron chi connectivity index (χ0n) is 7.39. The molecule has 0 saturated heterocycles. The summed E-state index contributed by atoms with van der Waals surface area (Å²) in [5, 5.41) is 4.00. The minimum atomic E-state index is -0.554. The van der Waals surface area contributed by atoms with Gasteiger partial charge in [0.25, 0.3) is 0 Å². The molecular weight excluding hydrogens is 183 g/mol. The van der Waals surface area contributed by atoms with Crippen molar-refractivity contribution in [1.29, 1.82) is 0 Å². The minimum Gasteiger partial charge on any atom is -0.382 e. The number of nitrogens with two attached hydrogens (primary N) is 1. The molecule has 2 heterocycles.